The second-order valence-electron chi connectivity index (χ2n) is 7.08. The lowest BCUT2D eigenvalue weighted by Crippen LogP contribution is -2.51. The molecule has 0 fully saturated rings. The van der Waals surface area contributed by atoms with Gasteiger partial charge in [-0.1, -0.05) is 54.6 Å². The minimum atomic E-state index is -0.156. The van der Waals surface area contributed by atoms with Crippen molar-refractivity contribution in [2.75, 3.05) is 33.8 Å². The van der Waals surface area contributed by atoms with Gasteiger partial charge in [0.15, 0.2) is 6.54 Å². The van der Waals surface area contributed by atoms with Crippen molar-refractivity contribution in [3.63, 3.8) is 0 Å². The molecule has 3 nitrogen and oxygen atoms in total. The summed E-state index contributed by atoms with van der Waals surface area (Å²) in [5, 5.41) is 0. The Morgan fingerprint density at radius 3 is 2.44 bits per heavy atom. The summed E-state index contributed by atoms with van der Waals surface area (Å²) in [4.78, 5) is 11.9. The molecule has 2 aromatic rings. The van der Waals surface area contributed by atoms with Crippen molar-refractivity contribution in [3.05, 3.63) is 82.9 Å². The lowest BCUT2D eigenvalue weighted by Gasteiger charge is -2.36. The third-order valence-electron chi connectivity index (χ3n) is 5.19. The van der Waals surface area contributed by atoms with Crippen LogP contribution in [0.25, 0.3) is 11.1 Å². The van der Waals surface area contributed by atoms with Crippen LogP contribution in [0.1, 0.15) is 16.7 Å². The summed E-state index contributed by atoms with van der Waals surface area (Å²) in [6, 6.07) is 19.1. The lowest BCUT2D eigenvalue weighted by atomic mass is 9.95. The van der Waals surface area contributed by atoms with Crippen LogP contribution in [0.3, 0.4) is 0 Å². The van der Waals surface area contributed by atoms with E-state index in [-0.39, 0.29) is 5.97 Å². The van der Waals surface area contributed by atoms with Crippen molar-refractivity contribution in [2.24, 2.45) is 0 Å². The molecule has 1 aliphatic heterocycles. The van der Waals surface area contributed by atoms with Crippen molar-refractivity contribution < 1.29 is 14.0 Å². The normalized spacial score (nSPS) is 21.4. The molecule has 1 heterocycles. The average molecular weight is 332 g/mol. The highest BCUT2D eigenvalue weighted by Crippen LogP contribution is 2.46. The predicted molar refractivity (Wildman–Crippen MR) is 99.7 cm³/mol. The number of quaternary nitrogens is 1. The molecule has 0 saturated heterocycles. The van der Waals surface area contributed by atoms with Crippen molar-refractivity contribution in [1.29, 1.82) is 0 Å². The Balaban J connectivity index is 1.85. The topological polar surface area (TPSA) is 26.3 Å². The molecular formula is C22H22NO2+. The van der Waals surface area contributed by atoms with E-state index in [1.807, 2.05) is 6.07 Å². The third kappa shape index (κ3) is 2.71. The molecule has 0 aromatic heterocycles. The Bertz CT molecular complexity index is 895. The summed E-state index contributed by atoms with van der Waals surface area (Å²) < 4.78 is 5.56. The Hall–Kier alpha value is -2.65. The van der Waals surface area contributed by atoms with Gasteiger partial charge in [-0.2, -0.15) is 0 Å². The highest BCUT2D eigenvalue weighted by molar-refractivity contribution is 6.05. The Morgan fingerprint density at radius 1 is 1.04 bits per heavy atom. The van der Waals surface area contributed by atoms with Crippen LogP contribution in [0, 0.1) is 0 Å². The lowest BCUT2D eigenvalue weighted by molar-refractivity contribution is -0.892. The maximum atomic E-state index is 11.9. The number of nitrogens with zero attached hydrogens (tertiary/aromatic N) is 1. The van der Waals surface area contributed by atoms with Gasteiger partial charge >= 0.3 is 5.97 Å². The second-order valence-corrected chi connectivity index (χ2v) is 7.08. The van der Waals surface area contributed by atoms with Gasteiger partial charge in [-0.25, -0.2) is 4.79 Å². The minimum absolute atomic E-state index is 0.156. The molecule has 2 aliphatic rings. The molecule has 1 unspecified atom stereocenters. The SMILES string of the molecule is COC(=O)C[N+]1(C)CC=C2C(=C(c3ccccc3)c3ccccc32)C1. The second kappa shape index (κ2) is 6.01. The molecule has 0 radical (unpaired) electrons. The number of esters is 1. The number of methoxy groups -OCH3 is 1. The smallest absolute Gasteiger partial charge is 0.361 e. The molecule has 3 heteroatoms. The first-order valence-electron chi connectivity index (χ1n) is 8.60. The Morgan fingerprint density at radius 2 is 1.72 bits per heavy atom. The number of ether oxygens (including phenoxy) is 1. The van der Waals surface area contributed by atoms with E-state index < -0.39 is 0 Å². The molecule has 1 atom stereocenters. The van der Waals surface area contributed by atoms with E-state index in [0.717, 1.165) is 13.1 Å². The molecule has 25 heavy (non-hydrogen) atoms. The van der Waals surface area contributed by atoms with Crippen LogP contribution in [0.15, 0.2) is 66.2 Å². The van der Waals surface area contributed by atoms with Crippen LogP contribution >= 0.6 is 0 Å². The van der Waals surface area contributed by atoms with E-state index >= 15 is 0 Å². The zero-order valence-corrected chi connectivity index (χ0v) is 14.7. The van der Waals surface area contributed by atoms with E-state index in [2.05, 4.69) is 61.7 Å². The number of hydrogen-bond donors (Lipinski definition) is 0. The zero-order chi connectivity index (χ0) is 17.4. The molecule has 0 N–H and O–H groups in total. The van der Waals surface area contributed by atoms with Crippen LogP contribution in [-0.2, 0) is 9.53 Å². The number of fused-ring (bicyclic) bond motifs is 3. The molecule has 126 valence electrons. The summed E-state index contributed by atoms with van der Waals surface area (Å²) in [7, 11) is 3.59. The van der Waals surface area contributed by atoms with Crippen LogP contribution in [-0.4, -0.2) is 44.2 Å². The van der Waals surface area contributed by atoms with Crippen LogP contribution < -0.4 is 0 Å². The van der Waals surface area contributed by atoms with E-state index in [1.165, 1.54) is 40.5 Å². The molecular weight excluding hydrogens is 310 g/mol. The predicted octanol–water partition coefficient (Wildman–Crippen LogP) is 3.52. The van der Waals surface area contributed by atoms with Gasteiger partial charge in [-0.15, -0.1) is 0 Å². The first kappa shape index (κ1) is 15.9. The number of hydrogen-bond acceptors (Lipinski definition) is 2. The quantitative estimate of drug-likeness (QED) is 0.635. The largest absolute Gasteiger partial charge is 0.465 e. The average Bonchev–Trinajstić information content (AvgIpc) is 2.95. The third-order valence-corrected chi connectivity index (χ3v) is 5.19. The molecule has 1 aliphatic carbocycles. The van der Waals surface area contributed by atoms with Crippen molar-refractivity contribution in [2.45, 2.75) is 0 Å². The number of carbonyl (C=O) groups excluding carboxylic acids is 1. The fourth-order valence-electron chi connectivity index (χ4n) is 3.98. The van der Waals surface area contributed by atoms with E-state index in [0.29, 0.717) is 11.0 Å². The fraction of sp³-hybridized carbons (Fsp3) is 0.227. The summed E-state index contributed by atoms with van der Waals surface area (Å²) in [5.74, 6) is -0.156. The molecule has 0 spiro atoms. The van der Waals surface area contributed by atoms with Crippen molar-refractivity contribution >= 4 is 17.1 Å². The van der Waals surface area contributed by atoms with E-state index in [9.17, 15) is 4.79 Å². The van der Waals surface area contributed by atoms with Crippen molar-refractivity contribution in [1.82, 2.24) is 0 Å². The first-order valence-corrected chi connectivity index (χ1v) is 8.60. The number of carbonyl (C=O) groups is 1. The molecule has 2 aromatic carbocycles. The van der Waals surface area contributed by atoms with Gasteiger partial charge in [0.1, 0.15) is 6.54 Å². The molecule has 0 amide bonds. The fourth-order valence-corrected chi connectivity index (χ4v) is 3.98. The van der Waals surface area contributed by atoms with Gasteiger partial charge in [0.2, 0.25) is 0 Å². The van der Waals surface area contributed by atoms with Gasteiger partial charge < -0.3 is 9.22 Å². The van der Waals surface area contributed by atoms with Gasteiger partial charge in [0, 0.05) is 5.57 Å². The maximum Gasteiger partial charge on any atom is 0.361 e. The monoisotopic (exact) mass is 332 g/mol. The summed E-state index contributed by atoms with van der Waals surface area (Å²) in [6.45, 7) is 2.06. The number of likely N-dealkylation sites (N-methyl/N-ethyl adjacent to an activating group) is 1. The molecule has 4 rings (SSSR count). The summed E-state index contributed by atoms with van der Waals surface area (Å²) >= 11 is 0. The summed E-state index contributed by atoms with van der Waals surface area (Å²) in [5.41, 5.74) is 7.80. The van der Waals surface area contributed by atoms with Gasteiger partial charge in [0.05, 0.1) is 20.7 Å². The summed E-state index contributed by atoms with van der Waals surface area (Å²) in [6.07, 6.45) is 2.29. The maximum absolute atomic E-state index is 11.9. The Kier molecular flexibility index (Phi) is 3.81. The highest BCUT2D eigenvalue weighted by Gasteiger charge is 2.37. The van der Waals surface area contributed by atoms with Crippen molar-refractivity contribution in [3.8, 4) is 0 Å². The standard InChI is InChI=1S/C22H22NO2/c1-23(15-21(24)25-2)13-12-18-17-10-6-7-11-19(17)22(20(18)14-23)16-8-4-3-5-9-16/h3-12H,13-15H2,1-2H3/q+1. The first-order chi connectivity index (χ1) is 12.1. The van der Waals surface area contributed by atoms with Crippen LogP contribution in [0.4, 0.5) is 0 Å². The van der Waals surface area contributed by atoms with Gasteiger partial charge in [0.25, 0.3) is 0 Å². The number of benzene rings is 2. The number of rotatable bonds is 3. The highest BCUT2D eigenvalue weighted by atomic mass is 16.5. The van der Waals surface area contributed by atoms with E-state index in [1.54, 1.807) is 0 Å². The van der Waals surface area contributed by atoms with E-state index in [4.69, 9.17) is 4.74 Å². The molecule has 0 saturated carbocycles. The molecule has 0 bridgehead atoms. The van der Waals surface area contributed by atoms with Crippen LogP contribution in [0.2, 0.25) is 0 Å². The minimum Gasteiger partial charge on any atom is -0.465 e. The Labute approximate surface area is 148 Å². The van der Waals surface area contributed by atoms with Crippen LogP contribution in [0.5, 0.6) is 0 Å². The zero-order valence-electron chi connectivity index (χ0n) is 14.7. The van der Waals surface area contributed by atoms with Gasteiger partial charge in [-0.05, 0) is 33.9 Å². The van der Waals surface area contributed by atoms with Gasteiger partial charge in [-0.3, -0.25) is 0 Å².